The number of hydrogen-bond acceptors (Lipinski definition) is 6. The molecular formula is C17H19N3O3S. The van der Waals surface area contributed by atoms with Crippen molar-refractivity contribution in [1.29, 1.82) is 0 Å². The number of thiophene rings is 1. The highest BCUT2D eigenvalue weighted by Gasteiger charge is 2.24. The summed E-state index contributed by atoms with van der Waals surface area (Å²) in [6, 6.07) is 0. The highest BCUT2D eigenvalue weighted by Crippen LogP contribution is 2.39. The second kappa shape index (κ2) is 6.41. The summed E-state index contributed by atoms with van der Waals surface area (Å²) in [5.41, 5.74) is 4.64. The molecule has 1 amide bonds. The minimum atomic E-state index is -0.127. The molecule has 0 atom stereocenters. The van der Waals surface area contributed by atoms with E-state index >= 15 is 0 Å². The number of nitrogens with zero attached hydrogens (tertiary/aromatic N) is 1. The van der Waals surface area contributed by atoms with Gasteiger partial charge in [0.05, 0.1) is 0 Å². The Kier molecular flexibility index (Phi) is 4.12. The normalized spacial score (nSPS) is 15.7. The Morgan fingerprint density at radius 1 is 1.42 bits per heavy atom. The fourth-order valence-corrected chi connectivity index (χ4v) is 3.99. The molecular weight excluding hydrogens is 326 g/mol. The maximum Gasteiger partial charge on any atom is 0.265 e. The van der Waals surface area contributed by atoms with Crippen LogP contribution in [0.2, 0.25) is 0 Å². The summed E-state index contributed by atoms with van der Waals surface area (Å²) >= 11 is 1.35. The summed E-state index contributed by atoms with van der Waals surface area (Å²) in [4.78, 5) is 17.6. The first-order chi connectivity index (χ1) is 11.7. The number of ether oxygens (including phenoxy) is 2. The summed E-state index contributed by atoms with van der Waals surface area (Å²) in [5.74, 6) is 1.10. The molecule has 24 heavy (non-hydrogen) atoms. The molecule has 2 aromatic rings. The summed E-state index contributed by atoms with van der Waals surface area (Å²) in [7, 11) is 0. The number of pyridine rings is 1. The van der Waals surface area contributed by atoms with Crippen LogP contribution in [0.15, 0.2) is 11.6 Å². The Labute approximate surface area is 144 Å². The number of rotatable bonds is 3. The topological polar surface area (TPSA) is 72.5 Å². The van der Waals surface area contributed by atoms with E-state index in [0.29, 0.717) is 36.1 Å². The first-order valence-electron chi connectivity index (χ1n) is 8.06. The van der Waals surface area contributed by atoms with Crippen LogP contribution in [-0.4, -0.2) is 30.6 Å². The van der Waals surface area contributed by atoms with Gasteiger partial charge in [0.25, 0.3) is 5.91 Å². The Hall–Kier alpha value is -2.12. The molecule has 0 bridgehead atoms. The summed E-state index contributed by atoms with van der Waals surface area (Å²) in [6.45, 7) is 5.28. The van der Waals surface area contributed by atoms with Crippen LogP contribution in [0.1, 0.15) is 32.1 Å². The number of nitrogens with one attached hydrogen (secondary N) is 2. The molecule has 126 valence electrons. The van der Waals surface area contributed by atoms with Gasteiger partial charge in [0, 0.05) is 30.4 Å². The molecule has 0 spiro atoms. The SMILES string of the molecule is Cc1ncc2c(c1CNC(=O)c1scc3c1OCCO3)CCNC2. The lowest BCUT2D eigenvalue weighted by atomic mass is 9.96. The number of carbonyl (C=O) groups excluding carboxylic acids is 1. The summed E-state index contributed by atoms with van der Waals surface area (Å²) in [6.07, 6.45) is 2.90. The van der Waals surface area contributed by atoms with Crippen LogP contribution in [0.25, 0.3) is 0 Å². The number of fused-ring (bicyclic) bond motifs is 2. The van der Waals surface area contributed by atoms with Gasteiger partial charge in [0.2, 0.25) is 0 Å². The third-order valence-electron chi connectivity index (χ3n) is 4.40. The molecule has 0 saturated carbocycles. The lowest BCUT2D eigenvalue weighted by Gasteiger charge is -2.21. The van der Waals surface area contributed by atoms with E-state index < -0.39 is 0 Å². The number of aryl methyl sites for hydroxylation is 1. The second-order valence-electron chi connectivity index (χ2n) is 5.89. The van der Waals surface area contributed by atoms with Gasteiger partial charge in [-0.2, -0.15) is 0 Å². The van der Waals surface area contributed by atoms with Gasteiger partial charge in [0.15, 0.2) is 11.5 Å². The molecule has 0 fully saturated rings. The highest BCUT2D eigenvalue weighted by molar-refractivity contribution is 7.12. The number of carbonyl (C=O) groups is 1. The molecule has 7 heteroatoms. The van der Waals surface area contributed by atoms with E-state index in [9.17, 15) is 4.79 Å². The zero-order valence-electron chi connectivity index (χ0n) is 13.5. The van der Waals surface area contributed by atoms with Crippen LogP contribution in [0.3, 0.4) is 0 Å². The van der Waals surface area contributed by atoms with E-state index in [1.165, 1.54) is 22.5 Å². The molecule has 6 nitrogen and oxygen atoms in total. The predicted octanol–water partition coefficient (Wildman–Crippen LogP) is 1.80. The van der Waals surface area contributed by atoms with Crippen LogP contribution in [0, 0.1) is 6.92 Å². The smallest absolute Gasteiger partial charge is 0.265 e. The molecule has 0 aliphatic carbocycles. The summed E-state index contributed by atoms with van der Waals surface area (Å²) < 4.78 is 11.1. The van der Waals surface area contributed by atoms with E-state index in [0.717, 1.165) is 30.8 Å². The third kappa shape index (κ3) is 2.74. The molecule has 2 N–H and O–H groups in total. The third-order valence-corrected chi connectivity index (χ3v) is 5.34. The van der Waals surface area contributed by atoms with E-state index in [1.807, 2.05) is 18.5 Å². The standard InChI is InChI=1S/C17H19N3O3S/c1-10-13(12-2-3-18-6-11(12)7-19-10)8-20-17(21)16-15-14(9-24-16)22-4-5-23-15/h7,9,18H,2-6,8H2,1H3,(H,20,21). The second-order valence-corrected chi connectivity index (χ2v) is 6.77. The molecule has 4 rings (SSSR count). The summed E-state index contributed by atoms with van der Waals surface area (Å²) in [5, 5.41) is 8.20. The minimum absolute atomic E-state index is 0.127. The lowest BCUT2D eigenvalue weighted by molar-refractivity contribution is 0.0945. The average Bonchev–Trinajstić information content (AvgIpc) is 3.05. The first-order valence-corrected chi connectivity index (χ1v) is 8.94. The minimum Gasteiger partial charge on any atom is -0.485 e. The Morgan fingerprint density at radius 2 is 2.29 bits per heavy atom. The van der Waals surface area contributed by atoms with Crippen molar-refractivity contribution in [3.63, 3.8) is 0 Å². The average molecular weight is 345 g/mol. The van der Waals surface area contributed by atoms with E-state index in [1.54, 1.807) is 0 Å². The maximum atomic E-state index is 12.6. The number of hydrogen-bond donors (Lipinski definition) is 2. The molecule has 0 unspecified atom stereocenters. The van der Waals surface area contributed by atoms with Gasteiger partial charge in [0.1, 0.15) is 18.1 Å². The van der Waals surface area contributed by atoms with Crippen LogP contribution < -0.4 is 20.1 Å². The van der Waals surface area contributed by atoms with Crippen LogP contribution in [0.5, 0.6) is 11.5 Å². The fourth-order valence-electron chi connectivity index (χ4n) is 3.15. The van der Waals surface area contributed by atoms with Crippen LogP contribution >= 0.6 is 11.3 Å². The van der Waals surface area contributed by atoms with E-state index in [4.69, 9.17) is 9.47 Å². The number of amides is 1. The van der Waals surface area contributed by atoms with Gasteiger partial charge < -0.3 is 20.1 Å². The fraction of sp³-hybridized carbons (Fsp3) is 0.412. The maximum absolute atomic E-state index is 12.6. The lowest BCUT2D eigenvalue weighted by Crippen LogP contribution is -2.29. The van der Waals surface area contributed by atoms with Crippen LogP contribution in [-0.2, 0) is 19.5 Å². The quantitative estimate of drug-likeness (QED) is 0.887. The largest absolute Gasteiger partial charge is 0.485 e. The van der Waals surface area contributed by atoms with Crippen molar-refractivity contribution < 1.29 is 14.3 Å². The zero-order valence-corrected chi connectivity index (χ0v) is 14.3. The van der Waals surface area contributed by atoms with Crippen molar-refractivity contribution in [3.8, 4) is 11.5 Å². The Morgan fingerprint density at radius 3 is 3.21 bits per heavy atom. The zero-order chi connectivity index (χ0) is 16.5. The van der Waals surface area contributed by atoms with Crippen molar-refractivity contribution in [3.05, 3.63) is 38.8 Å². The van der Waals surface area contributed by atoms with Gasteiger partial charge in [-0.1, -0.05) is 0 Å². The van der Waals surface area contributed by atoms with E-state index in [-0.39, 0.29) is 5.91 Å². The Balaban J connectivity index is 1.53. The number of aromatic nitrogens is 1. The van der Waals surface area contributed by atoms with E-state index in [2.05, 4.69) is 15.6 Å². The molecule has 2 aliphatic heterocycles. The first kappa shape index (κ1) is 15.4. The molecule has 0 radical (unpaired) electrons. The van der Waals surface area contributed by atoms with Gasteiger partial charge >= 0.3 is 0 Å². The van der Waals surface area contributed by atoms with Gasteiger partial charge in [-0.15, -0.1) is 11.3 Å². The van der Waals surface area contributed by atoms with Crippen molar-refractivity contribution in [2.75, 3.05) is 19.8 Å². The van der Waals surface area contributed by atoms with Crippen molar-refractivity contribution in [2.45, 2.75) is 26.4 Å². The molecule has 2 aromatic heterocycles. The molecule has 0 aromatic carbocycles. The molecule has 0 saturated heterocycles. The van der Waals surface area contributed by atoms with Gasteiger partial charge in [-0.05, 0) is 36.6 Å². The van der Waals surface area contributed by atoms with Crippen molar-refractivity contribution in [2.24, 2.45) is 0 Å². The molecule has 2 aliphatic rings. The molecule has 4 heterocycles. The van der Waals surface area contributed by atoms with Gasteiger partial charge in [-0.3, -0.25) is 9.78 Å². The predicted molar refractivity (Wildman–Crippen MR) is 90.9 cm³/mol. The monoisotopic (exact) mass is 345 g/mol. The van der Waals surface area contributed by atoms with Crippen LogP contribution in [0.4, 0.5) is 0 Å². The highest BCUT2D eigenvalue weighted by atomic mass is 32.1. The van der Waals surface area contributed by atoms with Crippen molar-refractivity contribution in [1.82, 2.24) is 15.6 Å². The van der Waals surface area contributed by atoms with Crippen molar-refractivity contribution >= 4 is 17.2 Å². The Bertz CT molecular complexity index is 788. The van der Waals surface area contributed by atoms with Gasteiger partial charge in [-0.25, -0.2) is 0 Å².